The maximum Gasteiger partial charge on any atom is 0.238 e. The van der Waals surface area contributed by atoms with E-state index in [4.69, 9.17) is 16.3 Å². The number of benzene rings is 1. The van der Waals surface area contributed by atoms with Crippen LogP contribution in [0.2, 0.25) is 5.02 Å². The predicted molar refractivity (Wildman–Crippen MR) is 87.3 cm³/mol. The monoisotopic (exact) mass is 325 g/mol. The smallest absolute Gasteiger partial charge is 0.238 e. The van der Waals surface area contributed by atoms with E-state index in [0.29, 0.717) is 23.0 Å². The van der Waals surface area contributed by atoms with Gasteiger partial charge in [-0.2, -0.15) is 0 Å². The van der Waals surface area contributed by atoms with E-state index >= 15 is 0 Å². The first-order valence-electron chi connectivity index (χ1n) is 6.65. The number of carbonyl (C=O) groups excluding carboxylic acids is 2. The summed E-state index contributed by atoms with van der Waals surface area (Å²) in [5.41, 5.74) is 0.490. The fourth-order valence-corrected chi connectivity index (χ4v) is 1.93. The number of halogens is 1. The highest BCUT2D eigenvalue weighted by atomic mass is 35.5. The van der Waals surface area contributed by atoms with Crippen LogP contribution in [-0.4, -0.2) is 50.5 Å². The van der Waals surface area contributed by atoms with E-state index in [-0.39, 0.29) is 24.9 Å². The molecular weight excluding hydrogens is 306 g/mol. The van der Waals surface area contributed by atoms with Crippen molar-refractivity contribution in [2.75, 3.05) is 39.1 Å². The lowest BCUT2D eigenvalue weighted by molar-refractivity contribution is -0.122. The van der Waals surface area contributed by atoms with E-state index < -0.39 is 0 Å². The molecule has 0 atom stereocenters. The Bertz CT molecular complexity index is 549. The number of likely N-dealkylation sites (N-methyl/N-ethyl adjacent to an activating group) is 1. The zero-order valence-electron chi connectivity index (χ0n) is 12.7. The summed E-state index contributed by atoms with van der Waals surface area (Å²) in [6.07, 6.45) is 1.59. The second-order valence-electron chi connectivity index (χ2n) is 4.66. The molecule has 1 aromatic carbocycles. The molecule has 7 heteroatoms. The molecule has 0 bridgehead atoms. The molecule has 0 aromatic heterocycles. The molecule has 22 heavy (non-hydrogen) atoms. The Balaban J connectivity index is 2.54. The molecule has 1 aromatic rings. The third-order valence-electron chi connectivity index (χ3n) is 2.71. The van der Waals surface area contributed by atoms with Crippen molar-refractivity contribution in [1.82, 2.24) is 10.2 Å². The number of nitrogens with zero attached hydrogens (tertiary/aromatic N) is 1. The third-order valence-corrected chi connectivity index (χ3v) is 2.94. The molecule has 0 saturated carbocycles. The Morgan fingerprint density at radius 2 is 2.05 bits per heavy atom. The number of carbonyl (C=O) groups is 2. The van der Waals surface area contributed by atoms with Gasteiger partial charge in [-0.1, -0.05) is 17.7 Å². The molecule has 120 valence electrons. The van der Waals surface area contributed by atoms with Crippen LogP contribution in [0, 0.1) is 0 Å². The minimum absolute atomic E-state index is 0.0666. The van der Waals surface area contributed by atoms with Gasteiger partial charge in [0.1, 0.15) is 5.75 Å². The Morgan fingerprint density at radius 3 is 2.68 bits per heavy atom. The topological polar surface area (TPSA) is 70.7 Å². The fraction of sp³-hybridized carbons (Fsp3) is 0.333. The zero-order chi connectivity index (χ0) is 16.5. The molecule has 0 aliphatic rings. The van der Waals surface area contributed by atoms with Crippen molar-refractivity contribution in [3.63, 3.8) is 0 Å². The highest BCUT2D eigenvalue weighted by molar-refractivity contribution is 6.31. The van der Waals surface area contributed by atoms with Crippen LogP contribution in [-0.2, 0) is 9.59 Å². The molecule has 6 nitrogen and oxygen atoms in total. The quantitative estimate of drug-likeness (QED) is 0.711. The SMILES string of the molecule is C=CCNC(=O)CN(C)CC(=O)Nc1cc(Cl)ccc1OC. The second kappa shape index (κ2) is 9.07. The van der Waals surface area contributed by atoms with Crippen LogP contribution in [0.3, 0.4) is 0 Å². The highest BCUT2D eigenvalue weighted by Crippen LogP contribution is 2.27. The Kier molecular flexibility index (Phi) is 7.42. The van der Waals surface area contributed by atoms with Crippen LogP contribution in [0.25, 0.3) is 0 Å². The van der Waals surface area contributed by atoms with Crippen molar-refractivity contribution in [3.8, 4) is 5.75 Å². The summed E-state index contributed by atoms with van der Waals surface area (Å²) in [7, 11) is 3.19. The van der Waals surface area contributed by atoms with Crippen LogP contribution in [0.15, 0.2) is 30.9 Å². The van der Waals surface area contributed by atoms with Gasteiger partial charge in [0, 0.05) is 11.6 Å². The van der Waals surface area contributed by atoms with E-state index in [1.54, 1.807) is 36.2 Å². The van der Waals surface area contributed by atoms with Crippen LogP contribution in [0.5, 0.6) is 5.75 Å². The zero-order valence-corrected chi connectivity index (χ0v) is 13.4. The molecule has 0 fully saturated rings. The number of methoxy groups -OCH3 is 1. The number of hydrogen-bond donors (Lipinski definition) is 2. The van der Waals surface area contributed by atoms with Gasteiger partial charge in [-0.15, -0.1) is 6.58 Å². The van der Waals surface area contributed by atoms with Gasteiger partial charge in [-0.05, 0) is 25.2 Å². The minimum atomic E-state index is -0.264. The summed E-state index contributed by atoms with van der Waals surface area (Å²) in [6.45, 7) is 4.10. The molecule has 0 aliphatic heterocycles. The maximum absolute atomic E-state index is 12.0. The van der Waals surface area contributed by atoms with E-state index in [9.17, 15) is 9.59 Å². The van der Waals surface area contributed by atoms with Gasteiger partial charge in [-0.25, -0.2) is 0 Å². The average Bonchev–Trinajstić information content (AvgIpc) is 2.45. The van der Waals surface area contributed by atoms with Crippen LogP contribution < -0.4 is 15.4 Å². The average molecular weight is 326 g/mol. The van der Waals surface area contributed by atoms with Crippen molar-refractivity contribution in [1.29, 1.82) is 0 Å². The lowest BCUT2D eigenvalue weighted by atomic mass is 10.3. The summed E-state index contributed by atoms with van der Waals surface area (Å²) in [5.74, 6) is 0.0826. The number of rotatable bonds is 8. The predicted octanol–water partition coefficient (Wildman–Crippen LogP) is 1.52. The molecular formula is C15H20ClN3O3. The van der Waals surface area contributed by atoms with Crippen molar-refractivity contribution in [2.24, 2.45) is 0 Å². The number of anilines is 1. The third kappa shape index (κ3) is 6.15. The van der Waals surface area contributed by atoms with Crippen molar-refractivity contribution in [3.05, 3.63) is 35.9 Å². The van der Waals surface area contributed by atoms with E-state index in [2.05, 4.69) is 17.2 Å². The fourth-order valence-electron chi connectivity index (χ4n) is 1.76. The highest BCUT2D eigenvalue weighted by Gasteiger charge is 2.12. The Labute approximate surface area is 135 Å². The van der Waals surface area contributed by atoms with Gasteiger partial charge in [0.2, 0.25) is 11.8 Å². The summed E-state index contributed by atoms with van der Waals surface area (Å²) in [6, 6.07) is 4.95. The summed E-state index contributed by atoms with van der Waals surface area (Å²) in [4.78, 5) is 25.1. The van der Waals surface area contributed by atoms with Crippen molar-refractivity contribution in [2.45, 2.75) is 0 Å². The molecule has 0 unspecified atom stereocenters. The van der Waals surface area contributed by atoms with Gasteiger partial charge in [0.25, 0.3) is 0 Å². The van der Waals surface area contributed by atoms with Gasteiger partial charge in [0.15, 0.2) is 0 Å². The first-order chi connectivity index (χ1) is 10.5. The summed E-state index contributed by atoms with van der Waals surface area (Å²) >= 11 is 5.90. The molecule has 0 spiro atoms. The van der Waals surface area contributed by atoms with E-state index in [1.165, 1.54) is 7.11 Å². The van der Waals surface area contributed by atoms with E-state index in [0.717, 1.165) is 0 Å². The van der Waals surface area contributed by atoms with Crippen molar-refractivity contribution < 1.29 is 14.3 Å². The van der Waals surface area contributed by atoms with E-state index in [1.807, 2.05) is 0 Å². The van der Waals surface area contributed by atoms with Crippen LogP contribution in [0.1, 0.15) is 0 Å². The first-order valence-corrected chi connectivity index (χ1v) is 7.03. The van der Waals surface area contributed by atoms with Gasteiger partial charge in [-0.3, -0.25) is 14.5 Å². The maximum atomic E-state index is 12.0. The Hall–Kier alpha value is -2.05. The number of amides is 2. The largest absolute Gasteiger partial charge is 0.495 e. The minimum Gasteiger partial charge on any atom is -0.495 e. The molecule has 2 N–H and O–H groups in total. The summed E-state index contributed by atoms with van der Waals surface area (Å²) < 4.78 is 5.15. The molecule has 1 rings (SSSR count). The molecule has 0 saturated heterocycles. The van der Waals surface area contributed by atoms with Crippen LogP contribution >= 0.6 is 11.6 Å². The summed E-state index contributed by atoms with van der Waals surface area (Å²) in [5, 5.41) is 5.85. The van der Waals surface area contributed by atoms with Gasteiger partial charge >= 0.3 is 0 Å². The van der Waals surface area contributed by atoms with Crippen LogP contribution in [0.4, 0.5) is 5.69 Å². The normalized spacial score (nSPS) is 10.2. The molecule has 0 heterocycles. The number of ether oxygens (including phenoxy) is 1. The standard InChI is InChI=1S/C15H20ClN3O3/c1-4-7-17-14(20)9-19(2)10-15(21)18-12-8-11(16)5-6-13(12)22-3/h4-6,8H,1,7,9-10H2,2-3H3,(H,17,20)(H,18,21). The number of nitrogens with one attached hydrogen (secondary N) is 2. The molecule has 0 radical (unpaired) electrons. The molecule has 2 amide bonds. The van der Waals surface area contributed by atoms with Crippen molar-refractivity contribution >= 4 is 29.1 Å². The Morgan fingerprint density at radius 1 is 1.36 bits per heavy atom. The molecule has 0 aliphatic carbocycles. The van der Waals surface area contributed by atoms with Gasteiger partial charge in [0.05, 0.1) is 25.9 Å². The second-order valence-corrected chi connectivity index (χ2v) is 5.09. The first kappa shape index (κ1) is 18.0. The number of hydrogen-bond acceptors (Lipinski definition) is 4. The lowest BCUT2D eigenvalue weighted by Crippen LogP contribution is -2.39. The van der Waals surface area contributed by atoms with Gasteiger partial charge < -0.3 is 15.4 Å². The lowest BCUT2D eigenvalue weighted by Gasteiger charge is -2.16.